The van der Waals surface area contributed by atoms with Gasteiger partial charge in [-0.25, -0.2) is 14.8 Å². The molecule has 1 fully saturated rings. The van der Waals surface area contributed by atoms with Crippen LogP contribution in [-0.2, 0) is 9.53 Å². The molecule has 1 aliphatic rings. The third kappa shape index (κ3) is 3.68. The Morgan fingerprint density at radius 1 is 1.57 bits per heavy atom. The molecule has 114 valence electrons. The number of esters is 1. The number of hydrogen-bond acceptors (Lipinski definition) is 6. The minimum atomic E-state index is -0.412. The SMILES string of the molecule is CCOC(=O)c1cnc(NC2CCC(=O)N(C)C2)nc1C. The van der Waals surface area contributed by atoms with Gasteiger partial charge in [0.15, 0.2) is 0 Å². The van der Waals surface area contributed by atoms with E-state index in [1.807, 2.05) is 0 Å². The predicted octanol–water partition coefficient (Wildman–Crippen LogP) is 0.994. The highest BCUT2D eigenvalue weighted by atomic mass is 16.5. The number of rotatable bonds is 4. The number of nitrogens with zero attached hydrogens (tertiary/aromatic N) is 3. The summed E-state index contributed by atoms with van der Waals surface area (Å²) in [7, 11) is 1.78. The molecule has 1 unspecified atom stereocenters. The summed E-state index contributed by atoms with van der Waals surface area (Å²) in [6.45, 7) is 4.45. The van der Waals surface area contributed by atoms with Gasteiger partial charge in [-0.3, -0.25) is 4.79 Å². The first kappa shape index (κ1) is 15.2. The summed E-state index contributed by atoms with van der Waals surface area (Å²) in [4.78, 5) is 33.3. The standard InChI is InChI=1S/C14H20N4O3/c1-4-21-13(20)11-7-15-14(16-9(11)2)17-10-5-6-12(19)18(3)8-10/h7,10H,4-6,8H2,1-3H3,(H,15,16,17). The van der Waals surface area contributed by atoms with Crippen LogP contribution in [0.4, 0.5) is 5.95 Å². The molecule has 0 radical (unpaired) electrons. The van der Waals surface area contributed by atoms with Crippen LogP contribution in [0.5, 0.6) is 0 Å². The Morgan fingerprint density at radius 3 is 2.95 bits per heavy atom. The molecular weight excluding hydrogens is 272 g/mol. The molecule has 1 saturated heterocycles. The minimum absolute atomic E-state index is 0.126. The normalized spacial score (nSPS) is 18.5. The molecule has 21 heavy (non-hydrogen) atoms. The highest BCUT2D eigenvalue weighted by Crippen LogP contribution is 2.15. The Hall–Kier alpha value is -2.18. The van der Waals surface area contributed by atoms with Crippen LogP contribution < -0.4 is 5.32 Å². The molecule has 1 atom stereocenters. The number of anilines is 1. The zero-order chi connectivity index (χ0) is 15.4. The molecule has 1 aromatic rings. The number of carbonyl (C=O) groups excluding carboxylic acids is 2. The first-order valence-electron chi connectivity index (χ1n) is 7.02. The summed E-state index contributed by atoms with van der Waals surface area (Å²) in [6, 6.07) is 0.126. The van der Waals surface area contributed by atoms with Gasteiger partial charge in [-0.15, -0.1) is 0 Å². The first-order valence-corrected chi connectivity index (χ1v) is 7.02. The average molecular weight is 292 g/mol. The van der Waals surface area contributed by atoms with E-state index in [9.17, 15) is 9.59 Å². The van der Waals surface area contributed by atoms with Gasteiger partial charge < -0.3 is 15.0 Å². The summed E-state index contributed by atoms with van der Waals surface area (Å²) in [5, 5.41) is 3.20. The van der Waals surface area contributed by atoms with Crippen molar-refractivity contribution in [1.29, 1.82) is 0 Å². The molecule has 1 aliphatic heterocycles. The van der Waals surface area contributed by atoms with Crippen molar-refractivity contribution < 1.29 is 14.3 Å². The van der Waals surface area contributed by atoms with E-state index in [0.29, 0.717) is 36.8 Å². The zero-order valence-corrected chi connectivity index (χ0v) is 12.5. The molecule has 2 rings (SSSR count). The van der Waals surface area contributed by atoms with Crippen LogP contribution in [-0.4, -0.2) is 53.0 Å². The van der Waals surface area contributed by atoms with Crippen molar-refractivity contribution in [2.45, 2.75) is 32.7 Å². The smallest absolute Gasteiger partial charge is 0.341 e. The lowest BCUT2D eigenvalue weighted by molar-refractivity contribution is -0.132. The lowest BCUT2D eigenvalue weighted by Crippen LogP contribution is -2.43. The van der Waals surface area contributed by atoms with Crippen molar-refractivity contribution in [3.05, 3.63) is 17.5 Å². The number of ether oxygens (including phenoxy) is 1. The number of likely N-dealkylation sites (tertiary alicyclic amines) is 1. The molecular formula is C14H20N4O3. The zero-order valence-electron chi connectivity index (χ0n) is 12.5. The molecule has 0 aromatic carbocycles. The van der Waals surface area contributed by atoms with E-state index in [-0.39, 0.29) is 11.9 Å². The monoisotopic (exact) mass is 292 g/mol. The number of amides is 1. The van der Waals surface area contributed by atoms with Crippen LogP contribution in [0, 0.1) is 6.92 Å². The largest absolute Gasteiger partial charge is 0.462 e. The molecule has 1 N–H and O–H groups in total. The molecule has 0 aliphatic carbocycles. The first-order chi connectivity index (χ1) is 10.0. The lowest BCUT2D eigenvalue weighted by atomic mass is 10.1. The summed E-state index contributed by atoms with van der Waals surface area (Å²) < 4.78 is 4.94. The van der Waals surface area contributed by atoms with Gasteiger partial charge in [-0.05, 0) is 20.3 Å². The second kappa shape index (κ2) is 6.51. The summed E-state index contributed by atoms with van der Waals surface area (Å²) >= 11 is 0. The number of piperidine rings is 1. The third-order valence-corrected chi connectivity index (χ3v) is 3.43. The van der Waals surface area contributed by atoms with Crippen molar-refractivity contribution in [3.8, 4) is 0 Å². The fourth-order valence-corrected chi connectivity index (χ4v) is 2.26. The Kier molecular flexibility index (Phi) is 4.72. The number of likely N-dealkylation sites (N-methyl/N-ethyl adjacent to an activating group) is 1. The maximum absolute atomic E-state index is 11.7. The fraction of sp³-hybridized carbons (Fsp3) is 0.571. The summed E-state index contributed by atoms with van der Waals surface area (Å²) in [5.74, 6) is 0.209. The molecule has 1 amide bonds. The lowest BCUT2D eigenvalue weighted by Gasteiger charge is -2.30. The topological polar surface area (TPSA) is 84.4 Å². The van der Waals surface area contributed by atoms with Crippen LogP contribution in [0.1, 0.15) is 35.8 Å². The molecule has 0 bridgehead atoms. The van der Waals surface area contributed by atoms with Crippen LogP contribution in [0.3, 0.4) is 0 Å². The second-order valence-corrected chi connectivity index (χ2v) is 5.07. The highest BCUT2D eigenvalue weighted by molar-refractivity contribution is 5.90. The van der Waals surface area contributed by atoms with Crippen molar-refractivity contribution >= 4 is 17.8 Å². The van der Waals surface area contributed by atoms with Crippen molar-refractivity contribution in [3.63, 3.8) is 0 Å². The van der Waals surface area contributed by atoms with Gasteiger partial charge in [0.25, 0.3) is 0 Å². The van der Waals surface area contributed by atoms with Gasteiger partial charge in [0.05, 0.1) is 17.9 Å². The number of hydrogen-bond donors (Lipinski definition) is 1. The van der Waals surface area contributed by atoms with E-state index in [2.05, 4.69) is 15.3 Å². The number of carbonyl (C=O) groups is 2. The van der Waals surface area contributed by atoms with Gasteiger partial charge in [0, 0.05) is 32.3 Å². The molecule has 0 saturated carbocycles. The van der Waals surface area contributed by atoms with Gasteiger partial charge in [-0.1, -0.05) is 0 Å². The minimum Gasteiger partial charge on any atom is -0.462 e. The molecule has 7 nitrogen and oxygen atoms in total. The summed E-state index contributed by atoms with van der Waals surface area (Å²) in [5.41, 5.74) is 0.949. The van der Waals surface area contributed by atoms with Crippen LogP contribution in [0.2, 0.25) is 0 Å². The highest BCUT2D eigenvalue weighted by Gasteiger charge is 2.23. The van der Waals surface area contributed by atoms with Gasteiger partial charge in [0.1, 0.15) is 0 Å². The van der Waals surface area contributed by atoms with Gasteiger partial charge >= 0.3 is 5.97 Å². The van der Waals surface area contributed by atoms with E-state index >= 15 is 0 Å². The Morgan fingerprint density at radius 2 is 2.33 bits per heavy atom. The van der Waals surface area contributed by atoms with Crippen molar-refractivity contribution in [1.82, 2.24) is 14.9 Å². The molecule has 0 spiro atoms. The molecule has 7 heteroatoms. The third-order valence-electron chi connectivity index (χ3n) is 3.43. The predicted molar refractivity (Wildman–Crippen MR) is 77.0 cm³/mol. The van der Waals surface area contributed by atoms with Crippen LogP contribution >= 0.6 is 0 Å². The Bertz CT molecular complexity index is 547. The quantitative estimate of drug-likeness (QED) is 0.833. The Labute approximate surface area is 123 Å². The van der Waals surface area contributed by atoms with E-state index in [1.54, 1.807) is 25.8 Å². The van der Waals surface area contributed by atoms with Crippen molar-refractivity contribution in [2.75, 3.05) is 25.5 Å². The van der Waals surface area contributed by atoms with Crippen LogP contribution in [0.25, 0.3) is 0 Å². The fourth-order valence-electron chi connectivity index (χ4n) is 2.26. The average Bonchev–Trinajstić information content (AvgIpc) is 2.43. The van der Waals surface area contributed by atoms with E-state index in [0.717, 1.165) is 6.42 Å². The van der Waals surface area contributed by atoms with Crippen LogP contribution in [0.15, 0.2) is 6.20 Å². The number of aryl methyl sites for hydroxylation is 1. The second-order valence-electron chi connectivity index (χ2n) is 5.07. The van der Waals surface area contributed by atoms with E-state index < -0.39 is 5.97 Å². The van der Waals surface area contributed by atoms with Crippen molar-refractivity contribution in [2.24, 2.45) is 0 Å². The Balaban J connectivity index is 2.03. The maximum Gasteiger partial charge on any atom is 0.341 e. The number of aromatic nitrogens is 2. The summed E-state index contributed by atoms with van der Waals surface area (Å²) in [6.07, 6.45) is 2.75. The number of nitrogens with one attached hydrogen (secondary N) is 1. The van der Waals surface area contributed by atoms with Gasteiger partial charge in [-0.2, -0.15) is 0 Å². The van der Waals surface area contributed by atoms with E-state index in [4.69, 9.17) is 4.74 Å². The van der Waals surface area contributed by atoms with E-state index in [1.165, 1.54) is 6.20 Å². The van der Waals surface area contributed by atoms with Gasteiger partial charge in [0.2, 0.25) is 11.9 Å². The molecule has 1 aromatic heterocycles. The molecule has 2 heterocycles. The maximum atomic E-state index is 11.7.